The third kappa shape index (κ3) is 2.89. The highest BCUT2D eigenvalue weighted by molar-refractivity contribution is 7.99. The number of halogens is 1. The molecule has 2 nitrogen and oxygen atoms in total. The van der Waals surface area contributed by atoms with Gasteiger partial charge in [0.25, 0.3) is 0 Å². The molecule has 1 aromatic carbocycles. The molecule has 1 aliphatic rings. The first-order chi connectivity index (χ1) is 7.79. The molecular formula is C12H16FNOS. The quantitative estimate of drug-likeness (QED) is 0.806. The zero-order valence-electron chi connectivity index (χ0n) is 9.41. The van der Waals surface area contributed by atoms with E-state index in [0.29, 0.717) is 5.75 Å². The lowest BCUT2D eigenvalue weighted by atomic mass is 10.2. The Hall–Kier alpha value is -0.740. The Balaban J connectivity index is 2.01. The van der Waals surface area contributed by atoms with Gasteiger partial charge in [0.1, 0.15) is 0 Å². The molecule has 0 N–H and O–H groups in total. The summed E-state index contributed by atoms with van der Waals surface area (Å²) in [5.74, 6) is 2.40. The van der Waals surface area contributed by atoms with E-state index >= 15 is 0 Å². The van der Waals surface area contributed by atoms with Crippen LogP contribution in [0.25, 0.3) is 0 Å². The molecule has 0 unspecified atom stereocenters. The van der Waals surface area contributed by atoms with E-state index in [1.165, 1.54) is 18.6 Å². The predicted octanol–water partition coefficient (Wildman–Crippen LogP) is 2.38. The Bertz CT molecular complexity index is 353. The van der Waals surface area contributed by atoms with Crippen molar-refractivity contribution in [3.8, 4) is 5.75 Å². The first kappa shape index (κ1) is 11.7. The smallest absolute Gasteiger partial charge is 0.165 e. The van der Waals surface area contributed by atoms with Crippen LogP contribution in [-0.4, -0.2) is 36.6 Å². The molecule has 16 heavy (non-hydrogen) atoms. The highest BCUT2D eigenvalue weighted by Crippen LogP contribution is 2.19. The van der Waals surface area contributed by atoms with Crippen molar-refractivity contribution >= 4 is 11.8 Å². The van der Waals surface area contributed by atoms with Crippen LogP contribution in [0.5, 0.6) is 5.75 Å². The third-order valence-electron chi connectivity index (χ3n) is 2.73. The van der Waals surface area contributed by atoms with Crippen LogP contribution in [0.3, 0.4) is 0 Å². The molecule has 1 fully saturated rings. The number of hydrogen-bond donors (Lipinski definition) is 0. The number of nitrogens with zero attached hydrogens (tertiary/aromatic N) is 1. The monoisotopic (exact) mass is 241 g/mol. The zero-order chi connectivity index (χ0) is 11.4. The zero-order valence-corrected chi connectivity index (χ0v) is 10.2. The minimum absolute atomic E-state index is 0.272. The van der Waals surface area contributed by atoms with E-state index in [0.717, 1.165) is 25.2 Å². The molecule has 0 atom stereocenters. The molecule has 0 amide bonds. The highest BCUT2D eigenvalue weighted by atomic mass is 32.2. The van der Waals surface area contributed by atoms with Crippen molar-refractivity contribution in [1.82, 2.24) is 4.90 Å². The molecule has 1 aliphatic heterocycles. The number of ether oxygens (including phenoxy) is 1. The van der Waals surface area contributed by atoms with E-state index in [2.05, 4.69) is 4.90 Å². The summed E-state index contributed by atoms with van der Waals surface area (Å²) < 4.78 is 18.4. The molecule has 1 heterocycles. The summed E-state index contributed by atoms with van der Waals surface area (Å²) in [6.45, 7) is 3.03. The molecule has 0 aromatic heterocycles. The van der Waals surface area contributed by atoms with Crippen LogP contribution in [0, 0.1) is 5.82 Å². The van der Waals surface area contributed by atoms with Crippen molar-refractivity contribution in [2.45, 2.75) is 6.54 Å². The van der Waals surface area contributed by atoms with Crippen molar-refractivity contribution in [3.05, 3.63) is 29.6 Å². The number of thioether (sulfide) groups is 1. The van der Waals surface area contributed by atoms with Crippen LogP contribution in [0.2, 0.25) is 0 Å². The summed E-state index contributed by atoms with van der Waals surface area (Å²) in [7, 11) is 1.49. The Morgan fingerprint density at radius 3 is 2.75 bits per heavy atom. The normalized spacial score (nSPS) is 17.4. The molecule has 0 aliphatic carbocycles. The second-order valence-corrected chi connectivity index (χ2v) is 5.08. The topological polar surface area (TPSA) is 12.5 Å². The maximum atomic E-state index is 13.5. The van der Waals surface area contributed by atoms with Gasteiger partial charge in [-0.3, -0.25) is 4.90 Å². The van der Waals surface area contributed by atoms with Crippen LogP contribution in [0.15, 0.2) is 18.2 Å². The van der Waals surface area contributed by atoms with E-state index in [1.807, 2.05) is 17.8 Å². The summed E-state index contributed by atoms with van der Waals surface area (Å²) in [5.41, 5.74) is 1.02. The number of methoxy groups -OCH3 is 1. The lowest BCUT2D eigenvalue weighted by Crippen LogP contribution is -2.31. The number of rotatable bonds is 3. The molecule has 1 aromatic rings. The molecule has 0 saturated carbocycles. The molecular weight excluding hydrogens is 225 g/mol. The van der Waals surface area contributed by atoms with Gasteiger partial charge >= 0.3 is 0 Å². The molecule has 1 saturated heterocycles. The minimum atomic E-state index is -0.272. The fraction of sp³-hybridized carbons (Fsp3) is 0.500. The van der Waals surface area contributed by atoms with E-state index in [-0.39, 0.29) is 5.82 Å². The van der Waals surface area contributed by atoms with Gasteiger partial charge in [-0.2, -0.15) is 11.8 Å². The molecule has 0 radical (unpaired) electrons. The Morgan fingerprint density at radius 1 is 1.38 bits per heavy atom. The van der Waals surface area contributed by atoms with Gasteiger partial charge in [0.15, 0.2) is 11.6 Å². The summed E-state index contributed by atoms with van der Waals surface area (Å²) in [6, 6.07) is 5.20. The summed E-state index contributed by atoms with van der Waals surface area (Å²) in [5, 5.41) is 0. The van der Waals surface area contributed by atoms with Gasteiger partial charge in [-0.05, 0) is 17.7 Å². The highest BCUT2D eigenvalue weighted by Gasteiger charge is 2.11. The van der Waals surface area contributed by atoms with Crippen LogP contribution in [0.1, 0.15) is 5.56 Å². The van der Waals surface area contributed by atoms with Gasteiger partial charge in [0.05, 0.1) is 7.11 Å². The SMILES string of the molecule is COc1ccc(CN2CCSCC2)cc1F. The fourth-order valence-corrected chi connectivity index (χ4v) is 2.80. The molecule has 2 rings (SSSR count). The van der Waals surface area contributed by atoms with E-state index in [9.17, 15) is 4.39 Å². The Labute approximate surface area is 99.8 Å². The average Bonchev–Trinajstić information content (AvgIpc) is 2.31. The maximum Gasteiger partial charge on any atom is 0.165 e. The second kappa shape index (κ2) is 5.55. The predicted molar refractivity (Wildman–Crippen MR) is 65.6 cm³/mol. The fourth-order valence-electron chi connectivity index (χ4n) is 1.83. The van der Waals surface area contributed by atoms with Gasteiger partial charge in [-0.25, -0.2) is 4.39 Å². The molecule has 0 spiro atoms. The summed E-state index contributed by atoms with van der Waals surface area (Å²) in [6.07, 6.45) is 0. The van der Waals surface area contributed by atoms with Crippen molar-refractivity contribution < 1.29 is 9.13 Å². The largest absolute Gasteiger partial charge is 0.494 e. The van der Waals surface area contributed by atoms with E-state index in [4.69, 9.17) is 4.74 Å². The summed E-state index contributed by atoms with van der Waals surface area (Å²) in [4.78, 5) is 2.36. The molecule has 88 valence electrons. The average molecular weight is 241 g/mol. The van der Waals surface area contributed by atoms with Crippen molar-refractivity contribution in [2.24, 2.45) is 0 Å². The van der Waals surface area contributed by atoms with Gasteiger partial charge < -0.3 is 4.74 Å². The maximum absolute atomic E-state index is 13.5. The van der Waals surface area contributed by atoms with E-state index < -0.39 is 0 Å². The first-order valence-corrected chi connectivity index (χ1v) is 6.57. The molecule has 4 heteroatoms. The van der Waals surface area contributed by atoms with Gasteiger partial charge in [0.2, 0.25) is 0 Å². The van der Waals surface area contributed by atoms with Gasteiger partial charge in [0, 0.05) is 31.1 Å². The van der Waals surface area contributed by atoms with Crippen molar-refractivity contribution in [2.75, 3.05) is 31.7 Å². The standard InChI is InChI=1S/C12H16FNOS/c1-15-12-3-2-10(8-11(12)13)9-14-4-6-16-7-5-14/h2-3,8H,4-7,9H2,1H3. The van der Waals surface area contributed by atoms with Crippen LogP contribution in [0.4, 0.5) is 4.39 Å². The van der Waals surface area contributed by atoms with Gasteiger partial charge in [-0.15, -0.1) is 0 Å². The number of hydrogen-bond acceptors (Lipinski definition) is 3. The second-order valence-electron chi connectivity index (χ2n) is 3.86. The summed E-state index contributed by atoms with van der Waals surface area (Å²) >= 11 is 1.98. The van der Waals surface area contributed by atoms with Crippen LogP contribution < -0.4 is 4.74 Å². The Kier molecular flexibility index (Phi) is 4.07. The van der Waals surface area contributed by atoms with Gasteiger partial charge in [-0.1, -0.05) is 6.07 Å². The first-order valence-electron chi connectivity index (χ1n) is 5.42. The van der Waals surface area contributed by atoms with Crippen molar-refractivity contribution in [1.29, 1.82) is 0 Å². The van der Waals surface area contributed by atoms with Crippen LogP contribution >= 0.6 is 11.8 Å². The van der Waals surface area contributed by atoms with Crippen molar-refractivity contribution in [3.63, 3.8) is 0 Å². The van der Waals surface area contributed by atoms with Crippen LogP contribution in [-0.2, 0) is 6.54 Å². The molecule has 0 bridgehead atoms. The third-order valence-corrected chi connectivity index (χ3v) is 3.67. The Morgan fingerprint density at radius 2 is 2.12 bits per heavy atom. The lowest BCUT2D eigenvalue weighted by molar-refractivity contribution is 0.293. The van der Waals surface area contributed by atoms with E-state index in [1.54, 1.807) is 12.1 Å². The lowest BCUT2D eigenvalue weighted by Gasteiger charge is -2.26. The number of benzene rings is 1. The minimum Gasteiger partial charge on any atom is -0.494 e.